The van der Waals surface area contributed by atoms with Crippen LogP contribution in [0.1, 0.15) is 6.92 Å². The van der Waals surface area contributed by atoms with Crippen molar-refractivity contribution < 1.29 is 14.3 Å². The average molecular weight is 205 g/mol. The zero-order valence-electron chi connectivity index (χ0n) is 8.53. The molecule has 0 aliphatic heterocycles. The van der Waals surface area contributed by atoms with E-state index in [1.165, 1.54) is 6.92 Å². The molecule has 2 aromatic rings. The summed E-state index contributed by atoms with van der Waals surface area (Å²) < 4.78 is 10.1. The molecule has 1 heterocycles. The van der Waals surface area contributed by atoms with E-state index in [1.807, 2.05) is 18.2 Å². The van der Waals surface area contributed by atoms with Gasteiger partial charge in [0.05, 0.1) is 7.11 Å². The fourth-order valence-corrected chi connectivity index (χ4v) is 1.44. The molecule has 0 aliphatic carbocycles. The lowest BCUT2D eigenvalue weighted by Gasteiger charge is -2.01. The summed E-state index contributed by atoms with van der Waals surface area (Å²) in [4.78, 5) is 13.9. The molecule has 0 aliphatic rings. The minimum Gasteiger partial charge on any atom is -0.497 e. The lowest BCUT2D eigenvalue weighted by Crippen LogP contribution is -2.00. The van der Waals surface area contributed by atoms with Crippen molar-refractivity contribution in [2.75, 3.05) is 7.11 Å². The Kier molecular flexibility index (Phi) is 2.33. The van der Waals surface area contributed by atoms with Gasteiger partial charge in [0.1, 0.15) is 5.75 Å². The quantitative estimate of drug-likeness (QED) is 0.764. The highest BCUT2D eigenvalue weighted by Crippen LogP contribution is 2.28. The third kappa shape index (κ3) is 1.79. The summed E-state index contributed by atoms with van der Waals surface area (Å²) in [6, 6.07) is 5.54. The number of hydrogen-bond donors (Lipinski definition) is 1. The summed E-state index contributed by atoms with van der Waals surface area (Å²) in [5, 5.41) is 0.838. The van der Waals surface area contributed by atoms with Crippen molar-refractivity contribution in [3.8, 4) is 11.5 Å². The molecule has 15 heavy (non-hydrogen) atoms. The van der Waals surface area contributed by atoms with Crippen molar-refractivity contribution in [1.82, 2.24) is 4.98 Å². The zero-order chi connectivity index (χ0) is 10.8. The van der Waals surface area contributed by atoms with Crippen molar-refractivity contribution >= 4 is 16.9 Å². The van der Waals surface area contributed by atoms with Crippen LogP contribution in [0.5, 0.6) is 11.5 Å². The predicted molar refractivity (Wildman–Crippen MR) is 56.2 cm³/mol. The van der Waals surface area contributed by atoms with Gasteiger partial charge in [0.25, 0.3) is 0 Å². The molecule has 78 valence electrons. The minimum atomic E-state index is -0.335. The monoisotopic (exact) mass is 205 g/mol. The smallest absolute Gasteiger partial charge is 0.308 e. The lowest BCUT2D eigenvalue weighted by atomic mass is 10.2. The molecule has 4 nitrogen and oxygen atoms in total. The van der Waals surface area contributed by atoms with Crippen LogP contribution in [0.3, 0.4) is 0 Å². The topological polar surface area (TPSA) is 51.3 Å². The van der Waals surface area contributed by atoms with Gasteiger partial charge >= 0.3 is 5.97 Å². The van der Waals surface area contributed by atoms with Gasteiger partial charge in [-0.25, -0.2) is 0 Å². The molecule has 0 radical (unpaired) electrons. The number of methoxy groups -OCH3 is 1. The van der Waals surface area contributed by atoms with Crippen LogP contribution in [0.25, 0.3) is 10.9 Å². The molecule has 1 aromatic carbocycles. The third-order valence-electron chi connectivity index (χ3n) is 2.10. The van der Waals surface area contributed by atoms with Gasteiger partial charge in [0, 0.05) is 24.0 Å². The normalized spacial score (nSPS) is 10.3. The summed E-state index contributed by atoms with van der Waals surface area (Å²) in [5.41, 5.74) is 0.909. The van der Waals surface area contributed by atoms with E-state index in [2.05, 4.69) is 4.98 Å². The van der Waals surface area contributed by atoms with Gasteiger partial charge in [-0.2, -0.15) is 0 Å². The Labute approximate surface area is 86.8 Å². The Morgan fingerprint density at radius 2 is 2.20 bits per heavy atom. The van der Waals surface area contributed by atoms with Crippen molar-refractivity contribution in [3.63, 3.8) is 0 Å². The molecule has 1 aromatic heterocycles. The standard InChI is InChI=1S/C11H11NO3/c1-7(13)15-11-6-12-10-4-3-8(14-2)5-9(10)11/h3-6,12H,1-2H3. The van der Waals surface area contributed by atoms with Crippen molar-refractivity contribution in [3.05, 3.63) is 24.4 Å². The van der Waals surface area contributed by atoms with Crippen molar-refractivity contribution in [2.45, 2.75) is 6.92 Å². The maximum Gasteiger partial charge on any atom is 0.308 e. The van der Waals surface area contributed by atoms with Crippen LogP contribution in [0.4, 0.5) is 0 Å². The molecule has 4 heteroatoms. The van der Waals surface area contributed by atoms with Crippen LogP contribution >= 0.6 is 0 Å². The first-order valence-electron chi connectivity index (χ1n) is 4.54. The Hall–Kier alpha value is -1.97. The number of aromatic nitrogens is 1. The number of nitrogens with one attached hydrogen (secondary N) is 1. The van der Waals surface area contributed by atoms with E-state index in [0.717, 1.165) is 16.7 Å². The second kappa shape index (κ2) is 3.65. The molecule has 0 atom stereocenters. The summed E-state index contributed by atoms with van der Waals surface area (Å²) in [6.07, 6.45) is 1.66. The summed E-state index contributed by atoms with van der Waals surface area (Å²) >= 11 is 0. The molecule has 0 bridgehead atoms. The second-order valence-electron chi connectivity index (χ2n) is 3.16. The number of H-pyrrole nitrogens is 1. The predicted octanol–water partition coefficient (Wildman–Crippen LogP) is 2.10. The summed E-state index contributed by atoms with van der Waals surface area (Å²) in [7, 11) is 1.60. The van der Waals surface area contributed by atoms with Crippen LogP contribution in [0, 0.1) is 0 Å². The van der Waals surface area contributed by atoms with Crippen LogP contribution in [0.2, 0.25) is 0 Å². The number of ether oxygens (including phenoxy) is 2. The molecule has 0 amide bonds. The van der Waals surface area contributed by atoms with Crippen LogP contribution in [-0.2, 0) is 4.79 Å². The minimum absolute atomic E-state index is 0.335. The molecular formula is C11H11NO3. The highest BCUT2D eigenvalue weighted by molar-refractivity contribution is 5.89. The van der Waals surface area contributed by atoms with Crippen LogP contribution < -0.4 is 9.47 Å². The summed E-state index contributed by atoms with van der Waals surface area (Å²) in [6.45, 7) is 1.37. The second-order valence-corrected chi connectivity index (χ2v) is 3.16. The van der Waals surface area contributed by atoms with E-state index in [-0.39, 0.29) is 5.97 Å². The molecule has 0 spiro atoms. The highest BCUT2D eigenvalue weighted by atomic mass is 16.5. The highest BCUT2D eigenvalue weighted by Gasteiger charge is 2.07. The van der Waals surface area contributed by atoms with E-state index in [4.69, 9.17) is 9.47 Å². The van der Waals surface area contributed by atoms with Crippen LogP contribution in [0.15, 0.2) is 24.4 Å². The van der Waals surface area contributed by atoms with Crippen LogP contribution in [-0.4, -0.2) is 18.1 Å². The first-order chi connectivity index (χ1) is 7.20. The third-order valence-corrected chi connectivity index (χ3v) is 2.10. The van der Waals surface area contributed by atoms with Gasteiger partial charge in [-0.15, -0.1) is 0 Å². The Morgan fingerprint density at radius 3 is 2.87 bits per heavy atom. The number of esters is 1. The SMILES string of the molecule is COc1ccc2[nH]cc(OC(C)=O)c2c1. The largest absolute Gasteiger partial charge is 0.497 e. The number of carbonyl (C=O) groups is 1. The molecular weight excluding hydrogens is 194 g/mol. The first-order valence-corrected chi connectivity index (χ1v) is 4.54. The molecule has 1 N–H and O–H groups in total. The van der Waals surface area contributed by atoms with Gasteiger partial charge in [-0.05, 0) is 18.2 Å². The first kappa shape index (κ1) is 9.58. The van der Waals surface area contributed by atoms with E-state index < -0.39 is 0 Å². The molecule has 0 fully saturated rings. The maximum atomic E-state index is 10.8. The Bertz CT molecular complexity index is 502. The van der Waals surface area contributed by atoms with Crippen molar-refractivity contribution in [1.29, 1.82) is 0 Å². The van der Waals surface area contributed by atoms with E-state index >= 15 is 0 Å². The maximum absolute atomic E-state index is 10.8. The molecule has 2 rings (SSSR count). The van der Waals surface area contributed by atoms with E-state index in [0.29, 0.717) is 5.75 Å². The average Bonchev–Trinajstić information content (AvgIpc) is 2.60. The van der Waals surface area contributed by atoms with Gasteiger partial charge in [0.2, 0.25) is 0 Å². The summed E-state index contributed by atoms with van der Waals surface area (Å²) in [5.74, 6) is 0.922. The molecule has 0 saturated carbocycles. The number of benzene rings is 1. The molecule has 0 saturated heterocycles. The number of hydrogen-bond acceptors (Lipinski definition) is 3. The number of carbonyl (C=O) groups excluding carboxylic acids is 1. The lowest BCUT2D eigenvalue weighted by molar-refractivity contribution is -0.131. The van der Waals surface area contributed by atoms with Gasteiger partial charge < -0.3 is 14.5 Å². The van der Waals surface area contributed by atoms with E-state index in [1.54, 1.807) is 13.3 Å². The molecule has 0 unspecified atom stereocenters. The van der Waals surface area contributed by atoms with Crippen molar-refractivity contribution in [2.24, 2.45) is 0 Å². The van der Waals surface area contributed by atoms with Gasteiger partial charge in [0.15, 0.2) is 5.75 Å². The fourth-order valence-electron chi connectivity index (χ4n) is 1.44. The fraction of sp³-hybridized carbons (Fsp3) is 0.182. The van der Waals surface area contributed by atoms with E-state index in [9.17, 15) is 4.79 Å². The zero-order valence-corrected chi connectivity index (χ0v) is 8.53. The number of rotatable bonds is 2. The number of aromatic amines is 1. The van der Waals surface area contributed by atoms with Gasteiger partial charge in [-0.1, -0.05) is 0 Å². The Morgan fingerprint density at radius 1 is 1.40 bits per heavy atom. The van der Waals surface area contributed by atoms with Gasteiger partial charge in [-0.3, -0.25) is 4.79 Å². The number of fused-ring (bicyclic) bond motifs is 1. The Balaban J connectivity index is 2.51.